The van der Waals surface area contributed by atoms with Crippen molar-refractivity contribution < 1.29 is 0 Å². The normalized spacial score (nSPS) is 20.6. The van der Waals surface area contributed by atoms with Crippen molar-refractivity contribution in [2.75, 3.05) is 26.4 Å². The summed E-state index contributed by atoms with van der Waals surface area (Å²) in [5.74, 6) is 1.24. The van der Waals surface area contributed by atoms with E-state index in [-0.39, 0.29) is 0 Å². The Kier molecular flexibility index (Phi) is 6.21. The van der Waals surface area contributed by atoms with Crippen molar-refractivity contribution in [2.24, 2.45) is 0 Å². The number of nitrogens with zero attached hydrogens (tertiary/aromatic N) is 1. The molecular formula is C16H26N2S. The largest absolute Gasteiger partial charge is 0.316 e. The van der Waals surface area contributed by atoms with Gasteiger partial charge in [-0.2, -0.15) is 0 Å². The highest BCUT2D eigenvalue weighted by Gasteiger charge is 2.18. The lowest BCUT2D eigenvalue weighted by Crippen LogP contribution is -2.36. The quantitative estimate of drug-likeness (QED) is 0.803. The van der Waals surface area contributed by atoms with E-state index in [2.05, 4.69) is 41.5 Å². The minimum absolute atomic E-state index is 0.810. The number of thioether (sulfide) groups is 1. The number of hydrogen-bond donors (Lipinski definition) is 1. The van der Waals surface area contributed by atoms with Gasteiger partial charge in [0.1, 0.15) is 0 Å². The molecule has 0 amide bonds. The summed E-state index contributed by atoms with van der Waals surface area (Å²) in [6.45, 7) is 2.24. The third-order valence-corrected chi connectivity index (χ3v) is 4.99. The molecule has 0 saturated carbocycles. The van der Waals surface area contributed by atoms with Crippen molar-refractivity contribution in [1.29, 1.82) is 0 Å². The summed E-state index contributed by atoms with van der Waals surface area (Å²) in [4.78, 5) is 3.94. The molecule has 1 heterocycles. The number of nitrogens with one attached hydrogen (secondary N) is 1. The van der Waals surface area contributed by atoms with Crippen molar-refractivity contribution in [3.05, 3.63) is 29.8 Å². The van der Waals surface area contributed by atoms with E-state index in [0.29, 0.717) is 0 Å². The number of benzene rings is 1. The summed E-state index contributed by atoms with van der Waals surface area (Å²) in [6.07, 6.45) is 5.50. The highest BCUT2D eigenvalue weighted by Crippen LogP contribution is 2.24. The average Bonchev–Trinajstić information content (AvgIpc) is 2.43. The van der Waals surface area contributed by atoms with Crippen LogP contribution in [0.25, 0.3) is 0 Å². The molecule has 0 spiro atoms. The Bertz CT molecular complexity index is 364. The van der Waals surface area contributed by atoms with Gasteiger partial charge in [0.25, 0.3) is 0 Å². The molecule has 0 bridgehead atoms. The average molecular weight is 278 g/mol. The number of rotatable bonds is 6. The van der Waals surface area contributed by atoms with Gasteiger partial charge in [0, 0.05) is 17.5 Å². The number of hydrogen-bond acceptors (Lipinski definition) is 3. The molecule has 1 saturated heterocycles. The highest BCUT2D eigenvalue weighted by atomic mass is 32.2. The van der Waals surface area contributed by atoms with Crippen LogP contribution < -0.4 is 5.32 Å². The second kappa shape index (κ2) is 7.93. The van der Waals surface area contributed by atoms with E-state index in [1.54, 1.807) is 0 Å². The van der Waals surface area contributed by atoms with E-state index < -0.39 is 0 Å². The maximum absolute atomic E-state index is 3.18. The van der Waals surface area contributed by atoms with Crippen molar-refractivity contribution in [3.63, 3.8) is 0 Å². The number of likely N-dealkylation sites (tertiary alicyclic amines) is 1. The topological polar surface area (TPSA) is 15.3 Å². The summed E-state index contributed by atoms with van der Waals surface area (Å²) in [6, 6.07) is 9.77. The summed E-state index contributed by atoms with van der Waals surface area (Å²) in [5, 5.41) is 3.18. The van der Waals surface area contributed by atoms with Crippen LogP contribution in [0, 0.1) is 0 Å². The molecule has 1 atom stereocenters. The number of piperidine rings is 1. The van der Waals surface area contributed by atoms with Crippen LogP contribution in [0.3, 0.4) is 0 Å². The van der Waals surface area contributed by atoms with Gasteiger partial charge in [-0.25, -0.2) is 0 Å². The van der Waals surface area contributed by atoms with Crippen LogP contribution in [0.1, 0.15) is 31.2 Å². The third kappa shape index (κ3) is 4.83. The van der Waals surface area contributed by atoms with Gasteiger partial charge in [-0.05, 0) is 63.4 Å². The summed E-state index contributed by atoms with van der Waals surface area (Å²) in [5.41, 5.74) is 1.36. The van der Waals surface area contributed by atoms with Gasteiger partial charge >= 0.3 is 0 Å². The van der Waals surface area contributed by atoms with Crippen molar-refractivity contribution in [2.45, 2.75) is 43.2 Å². The zero-order chi connectivity index (χ0) is 13.5. The zero-order valence-electron chi connectivity index (χ0n) is 12.2. The SMILES string of the molecule is CNCc1ccc(SCCC2CCCCN2C)cc1. The minimum Gasteiger partial charge on any atom is -0.316 e. The Balaban J connectivity index is 1.72. The van der Waals surface area contributed by atoms with E-state index in [4.69, 9.17) is 0 Å². The first-order valence-electron chi connectivity index (χ1n) is 7.36. The van der Waals surface area contributed by atoms with Gasteiger partial charge in [-0.3, -0.25) is 0 Å². The van der Waals surface area contributed by atoms with Crippen LogP contribution in [-0.4, -0.2) is 37.3 Å². The van der Waals surface area contributed by atoms with E-state index >= 15 is 0 Å². The van der Waals surface area contributed by atoms with E-state index in [1.807, 2.05) is 18.8 Å². The van der Waals surface area contributed by atoms with E-state index in [0.717, 1.165) is 12.6 Å². The van der Waals surface area contributed by atoms with E-state index in [9.17, 15) is 0 Å². The van der Waals surface area contributed by atoms with Crippen LogP contribution in [0.15, 0.2) is 29.2 Å². The molecule has 1 N–H and O–H groups in total. The summed E-state index contributed by atoms with van der Waals surface area (Å²) in [7, 11) is 4.27. The second-order valence-electron chi connectivity index (χ2n) is 5.44. The molecule has 19 heavy (non-hydrogen) atoms. The first-order valence-corrected chi connectivity index (χ1v) is 8.35. The van der Waals surface area contributed by atoms with Crippen LogP contribution in [0.5, 0.6) is 0 Å². The lowest BCUT2D eigenvalue weighted by atomic mass is 10.0. The Morgan fingerprint density at radius 3 is 2.74 bits per heavy atom. The van der Waals surface area contributed by atoms with Gasteiger partial charge in [0.05, 0.1) is 0 Å². The van der Waals surface area contributed by atoms with Gasteiger partial charge in [0.2, 0.25) is 0 Å². The van der Waals surface area contributed by atoms with Crippen molar-refractivity contribution >= 4 is 11.8 Å². The second-order valence-corrected chi connectivity index (χ2v) is 6.61. The predicted octanol–water partition coefficient (Wildman–Crippen LogP) is 3.37. The first kappa shape index (κ1) is 14.9. The Morgan fingerprint density at radius 2 is 2.05 bits per heavy atom. The fraction of sp³-hybridized carbons (Fsp3) is 0.625. The Labute approximate surface area is 122 Å². The molecule has 1 fully saturated rings. The maximum atomic E-state index is 3.18. The maximum Gasteiger partial charge on any atom is 0.0202 e. The van der Waals surface area contributed by atoms with Crippen molar-refractivity contribution in [3.8, 4) is 0 Å². The van der Waals surface area contributed by atoms with Gasteiger partial charge in [-0.15, -0.1) is 11.8 Å². The summed E-state index contributed by atoms with van der Waals surface area (Å²) < 4.78 is 0. The predicted molar refractivity (Wildman–Crippen MR) is 84.8 cm³/mol. The Hall–Kier alpha value is -0.510. The van der Waals surface area contributed by atoms with Crippen LogP contribution in [0.4, 0.5) is 0 Å². The van der Waals surface area contributed by atoms with Gasteiger partial charge in [-0.1, -0.05) is 18.6 Å². The third-order valence-electron chi connectivity index (χ3n) is 3.95. The highest BCUT2D eigenvalue weighted by molar-refractivity contribution is 7.99. The lowest BCUT2D eigenvalue weighted by molar-refractivity contribution is 0.182. The first-order chi connectivity index (χ1) is 9.29. The molecule has 1 aromatic rings. The molecule has 0 aliphatic carbocycles. The lowest BCUT2D eigenvalue weighted by Gasteiger charge is -2.32. The minimum atomic E-state index is 0.810. The van der Waals surface area contributed by atoms with Crippen molar-refractivity contribution in [1.82, 2.24) is 10.2 Å². The van der Waals surface area contributed by atoms with Gasteiger partial charge < -0.3 is 10.2 Å². The summed E-state index contributed by atoms with van der Waals surface area (Å²) >= 11 is 2.00. The molecule has 2 nitrogen and oxygen atoms in total. The molecule has 1 unspecified atom stereocenters. The zero-order valence-corrected chi connectivity index (χ0v) is 13.0. The Morgan fingerprint density at radius 1 is 1.26 bits per heavy atom. The molecule has 0 radical (unpaired) electrons. The fourth-order valence-electron chi connectivity index (χ4n) is 2.73. The smallest absolute Gasteiger partial charge is 0.0202 e. The molecule has 1 aliphatic rings. The monoisotopic (exact) mass is 278 g/mol. The van der Waals surface area contributed by atoms with E-state index in [1.165, 1.54) is 48.4 Å². The molecule has 2 rings (SSSR count). The van der Waals surface area contributed by atoms with Crippen LogP contribution in [-0.2, 0) is 6.54 Å². The molecule has 106 valence electrons. The van der Waals surface area contributed by atoms with Crippen LogP contribution >= 0.6 is 11.8 Å². The standard InChI is InChI=1S/C16H26N2S/c1-17-13-14-6-8-16(9-7-14)19-12-10-15-5-3-4-11-18(15)2/h6-9,15,17H,3-5,10-13H2,1-2H3. The fourth-order valence-corrected chi connectivity index (χ4v) is 3.68. The molecule has 0 aromatic heterocycles. The molecule has 1 aromatic carbocycles. The molecular weight excluding hydrogens is 252 g/mol. The molecule has 3 heteroatoms. The molecule has 1 aliphatic heterocycles. The van der Waals surface area contributed by atoms with Crippen LogP contribution in [0.2, 0.25) is 0 Å². The van der Waals surface area contributed by atoms with Gasteiger partial charge in [0.15, 0.2) is 0 Å².